The lowest BCUT2D eigenvalue weighted by Crippen LogP contribution is -2.42. The zero-order chi connectivity index (χ0) is 23.6. The standard InChI is InChI=1S/C20H19F4N7O2.ClH/c21-14-8-13(4-5-15(14)32-20(22,23)24)28-16-6-3-11(9-27-16)17-29-18(33-30-17)12-2-1-7-31(10-12)19(25)26;/h3-6,8-9,12H,1-2,7,10H2,(H3,25,26)(H,27,28);1H/t12-;/m1./s1. The minimum Gasteiger partial charge on any atom is -0.403 e. The summed E-state index contributed by atoms with van der Waals surface area (Å²) in [6.07, 6.45) is -1.80. The fourth-order valence-corrected chi connectivity index (χ4v) is 3.45. The summed E-state index contributed by atoms with van der Waals surface area (Å²) in [5.74, 6) is -0.992. The third kappa shape index (κ3) is 6.04. The number of ether oxygens (including phenoxy) is 1. The Labute approximate surface area is 197 Å². The van der Waals surface area contributed by atoms with Gasteiger partial charge in [0.05, 0.1) is 5.92 Å². The molecule has 1 atom stereocenters. The highest BCUT2D eigenvalue weighted by Crippen LogP contribution is 2.30. The van der Waals surface area contributed by atoms with Crippen LogP contribution in [0.15, 0.2) is 41.1 Å². The predicted octanol–water partition coefficient (Wildman–Crippen LogP) is 4.41. The van der Waals surface area contributed by atoms with Gasteiger partial charge in [-0.1, -0.05) is 5.16 Å². The second-order valence-electron chi connectivity index (χ2n) is 7.38. The fourth-order valence-electron chi connectivity index (χ4n) is 3.45. The maximum atomic E-state index is 13.9. The van der Waals surface area contributed by atoms with Crippen LogP contribution in [0.5, 0.6) is 5.75 Å². The van der Waals surface area contributed by atoms with E-state index in [1.807, 2.05) is 0 Å². The van der Waals surface area contributed by atoms with E-state index in [1.54, 1.807) is 17.0 Å². The van der Waals surface area contributed by atoms with E-state index in [9.17, 15) is 17.6 Å². The van der Waals surface area contributed by atoms with Crippen molar-refractivity contribution in [2.24, 2.45) is 5.73 Å². The Kier molecular flexibility index (Phi) is 7.44. The van der Waals surface area contributed by atoms with E-state index in [0.717, 1.165) is 25.0 Å². The summed E-state index contributed by atoms with van der Waals surface area (Å²) in [4.78, 5) is 10.4. The zero-order valence-electron chi connectivity index (χ0n) is 17.5. The van der Waals surface area contributed by atoms with Crippen molar-refractivity contribution in [1.82, 2.24) is 20.0 Å². The molecule has 0 amide bonds. The van der Waals surface area contributed by atoms with E-state index in [2.05, 4.69) is 25.2 Å². The van der Waals surface area contributed by atoms with Crippen molar-refractivity contribution < 1.29 is 26.8 Å². The molecule has 0 radical (unpaired) electrons. The lowest BCUT2D eigenvalue weighted by Gasteiger charge is -2.30. The van der Waals surface area contributed by atoms with Gasteiger partial charge in [0.25, 0.3) is 0 Å². The number of aromatic nitrogens is 3. The predicted molar refractivity (Wildman–Crippen MR) is 117 cm³/mol. The Hall–Kier alpha value is -3.61. The quantitative estimate of drug-likeness (QED) is 0.267. The van der Waals surface area contributed by atoms with Gasteiger partial charge in [-0.15, -0.1) is 25.6 Å². The van der Waals surface area contributed by atoms with Crippen LogP contribution in [-0.2, 0) is 0 Å². The van der Waals surface area contributed by atoms with Crippen LogP contribution in [0.2, 0.25) is 0 Å². The van der Waals surface area contributed by atoms with E-state index in [0.29, 0.717) is 36.2 Å². The van der Waals surface area contributed by atoms with E-state index >= 15 is 0 Å². The summed E-state index contributed by atoms with van der Waals surface area (Å²) < 4.78 is 59.6. The smallest absolute Gasteiger partial charge is 0.403 e. The van der Waals surface area contributed by atoms with Gasteiger partial charge in [0.1, 0.15) is 5.82 Å². The molecule has 1 aliphatic heterocycles. The summed E-state index contributed by atoms with van der Waals surface area (Å²) in [7, 11) is 0. The number of nitrogens with one attached hydrogen (secondary N) is 2. The summed E-state index contributed by atoms with van der Waals surface area (Å²) >= 11 is 0. The van der Waals surface area contributed by atoms with Crippen LogP contribution >= 0.6 is 12.4 Å². The molecule has 2 aromatic heterocycles. The van der Waals surface area contributed by atoms with Crippen molar-refractivity contribution in [1.29, 1.82) is 5.41 Å². The number of anilines is 2. The molecular formula is C20H20ClF4N7O2. The number of likely N-dealkylation sites (tertiary alicyclic amines) is 1. The van der Waals surface area contributed by atoms with Gasteiger partial charge in [0, 0.05) is 36.6 Å². The third-order valence-corrected chi connectivity index (χ3v) is 5.00. The molecule has 9 nitrogen and oxygen atoms in total. The Morgan fingerprint density at radius 2 is 2.06 bits per heavy atom. The molecule has 0 saturated carbocycles. The lowest BCUT2D eigenvalue weighted by atomic mass is 9.98. The van der Waals surface area contributed by atoms with Crippen LogP contribution in [0, 0.1) is 11.2 Å². The normalized spacial score (nSPS) is 16.0. The molecule has 4 rings (SSSR count). The van der Waals surface area contributed by atoms with Crippen LogP contribution in [0.25, 0.3) is 11.4 Å². The number of halogens is 5. The van der Waals surface area contributed by atoms with E-state index < -0.39 is 17.9 Å². The molecule has 34 heavy (non-hydrogen) atoms. The number of hydrogen-bond donors (Lipinski definition) is 3. The topological polar surface area (TPSA) is 126 Å². The number of pyridine rings is 1. The molecular weight excluding hydrogens is 482 g/mol. The number of nitrogens with zero attached hydrogens (tertiary/aromatic N) is 4. The highest BCUT2D eigenvalue weighted by atomic mass is 35.5. The van der Waals surface area contributed by atoms with E-state index in [1.165, 1.54) is 12.3 Å². The Morgan fingerprint density at radius 1 is 1.26 bits per heavy atom. The molecule has 14 heteroatoms. The van der Waals surface area contributed by atoms with Crippen molar-refractivity contribution in [3.05, 3.63) is 48.2 Å². The Balaban J connectivity index is 0.00000324. The maximum absolute atomic E-state index is 13.9. The second kappa shape index (κ2) is 10.1. The van der Waals surface area contributed by atoms with Crippen LogP contribution in [0.4, 0.5) is 29.1 Å². The molecule has 4 N–H and O–H groups in total. The first-order chi connectivity index (χ1) is 15.7. The van der Waals surface area contributed by atoms with Crippen LogP contribution in [-0.4, -0.2) is 45.4 Å². The van der Waals surface area contributed by atoms with Crippen LogP contribution in [0.1, 0.15) is 24.7 Å². The number of piperidine rings is 1. The molecule has 1 fully saturated rings. The number of benzene rings is 1. The Bertz CT molecular complexity index is 1140. The molecule has 182 valence electrons. The van der Waals surface area contributed by atoms with E-state index in [-0.39, 0.29) is 30.0 Å². The lowest BCUT2D eigenvalue weighted by molar-refractivity contribution is -0.275. The molecule has 1 aliphatic rings. The minimum atomic E-state index is -4.98. The fraction of sp³-hybridized carbons (Fsp3) is 0.300. The highest BCUT2D eigenvalue weighted by Gasteiger charge is 2.32. The van der Waals surface area contributed by atoms with Crippen molar-refractivity contribution in [2.45, 2.75) is 25.1 Å². The number of nitrogens with two attached hydrogens (primary N) is 1. The van der Waals surface area contributed by atoms with Crippen LogP contribution in [0.3, 0.4) is 0 Å². The number of hydrogen-bond acceptors (Lipinski definition) is 7. The van der Waals surface area contributed by atoms with Crippen molar-refractivity contribution in [3.8, 4) is 17.1 Å². The Morgan fingerprint density at radius 3 is 2.71 bits per heavy atom. The molecule has 0 unspecified atom stereocenters. The molecule has 3 heterocycles. The summed E-state index contributed by atoms with van der Waals surface area (Å²) in [6, 6.07) is 6.24. The maximum Gasteiger partial charge on any atom is 0.573 e. The average molecular weight is 502 g/mol. The number of rotatable bonds is 5. The van der Waals surface area contributed by atoms with Crippen molar-refractivity contribution in [3.63, 3.8) is 0 Å². The third-order valence-electron chi connectivity index (χ3n) is 5.00. The van der Waals surface area contributed by atoms with Crippen LogP contribution < -0.4 is 15.8 Å². The molecule has 0 bridgehead atoms. The van der Waals surface area contributed by atoms with Gasteiger partial charge in [-0.25, -0.2) is 9.37 Å². The van der Waals surface area contributed by atoms with Gasteiger partial charge in [-0.3, -0.25) is 5.41 Å². The number of alkyl halides is 3. The number of guanidine groups is 1. The summed E-state index contributed by atoms with van der Waals surface area (Å²) in [5, 5.41) is 14.4. The summed E-state index contributed by atoms with van der Waals surface area (Å²) in [6.45, 7) is 1.24. The first-order valence-electron chi connectivity index (χ1n) is 9.89. The SMILES string of the molecule is Cl.N=C(N)N1CCC[C@@H](c2nc(-c3ccc(Nc4ccc(OC(F)(F)F)c(F)c4)nc3)no2)C1. The van der Waals surface area contributed by atoms with E-state index in [4.69, 9.17) is 15.7 Å². The monoisotopic (exact) mass is 501 g/mol. The van der Waals surface area contributed by atoms with Crippen molar-refractivity contribution >= 4 is 29.9 Å². The molecule has 3 aromatic rings. The minimum absolute atomic E-state index is 0. The zero-order valence-corrected chi connectivity index (χ0v) is 18.3. The van der Waals surface area contributed by atoms with Gasteiger partial charge >= 0.3 is 6.36 Å². The summed E-state index contributed by atoms with van der Waals surface area (Å²) in [5.41, 5.74) is 6.34. The molecule has 1 saturated heterocycles. The molecule has 0 spiro atoms. The van der Waals surface area contributed by atoms with Gasteiger partial charge in [0.2, 0.25) is 11.7 Å². The molecule has 0 aliphatic carbocycles. The molecule has 1 aromatic carbocycles. The average Bonchev–Trinajstić information content (AvgIpc) is 3.26. The largest absolute Gasteiger partial charge is 0.573 e. The first kappa shape index (κ1) is 25.0. The van der Waals surface area contributed by atoms with Gasteiger partial charge in [-0.05, 0) is 37.1 Å². The van der Waals surface area contributed by atoms with Gasteiger partial charge in [0.15, 0.2) is 17.5 Å². The van der Waals surface area contributed by atoms with Gasteiger partial charge in [-0.2, -0.15) is 4.98 Å². The first-order valence-corrected chi connectivity index (χ1v) is 9.89. The van der Waals surface area contributed by atoms with Gasteiger partial charge < -0.3 is 25.2 Å². The van der Waals surface area contributed by atoms with Crippen molar-refractivity contribution in [2.75, 3.05) is 18.4 Å². The highest BCUT2D eigenvalue weighted by molar-refractivity contribution is 5.85. The second-order valence-corrected chi connectivity index (χ2v) is 7.38.